The second kappa shape index (κ2) is 8.98. The second-order valence-electron chi connectivity index (χ2n) is 7.77. The predicted molar refractivity (Wildman–Crippen MR) is 115 cm³/mol. The van der Waals surface area contributed by atoms with E-state index in [1.165, 1.54) is 30.2 Å². The van der Waals surface area contributed by atoms with E-state index < -0.39 is 13.4 Å². The minimum Gasteiger partial charge on any atom is -0.507 e. The van der Waals surface area contributed by atoms with Crippen LogP contribution in [0.25, 0.3) is 0 Å². The molecule has 1 aliphatic rings. The van der Waals surface area contributed by atoms with Gasteiger partial charge in [0.2, 0.25) is 0 Å². The Bertz CT molecular complexity index is 929. The van der Waals surface area contributed by atoms with Gasteiger partial charge in [-0.25, -0.2) is 4.57 Å². The lowest BCUT2D eigenvalue weighted by Crippen LogP contribution is -2.41. The Kier molecular flexibility index (Phi) is 7.01. The number of halogens is 1. The Balaban J connectivity index is 1.63. The van der Waals surface area contributed by atoms with Crippen molar-refractivity contribution in [3.05, 3.63) is 52.5 Å². The lowest BCUT2D eigenvalue weighted by Gasteiger charge is -2.24. The number of phosphoric acid groups is 1. The first-order chi connectivity index (χ1) is 13.5. The van der Waals surface area contributed by atoms with Crippen molar-refractivity contribution in [3.63, 3.8) is 0 Å². The van der Waals surface area contributed by atoms with E-state index in [9.17, 15) is 9.67 Å². The summed E-state index contributed by atoms with van der Waals surface area (Å²) in [5.41, 5.74) is 7.32. The number of benzene rings is 2. The molecule has 0 radical (unpaired) electrons. The third-order valence-electron chi connectivity index (χ3n) is 4.81. The molecule has 1 unspecified atom stereocenters. The van der Waals surface area contributed by atoms with Crippen molar-refractivity contribution >= 4 is 31.2 Å². The molecule has 0 bridgehead atoms. The summed E-state index contributed by atoms with van der Waals surface area (Å²) in [4.78, 5) is 19.4. The largest absolute Gasteiger partial charge is 0.507 e. The first kappa shape index (κ1) is 22.6. The molecule has 6 nitrogen and oxygen atoms in total. The van der Waals surface area contributed by atoms with Crippen LogP contribution >= 0.6 is 31.2 Å². The van der Waals surface area contributed by atoms with Crippen molar-refractivity contribution in [3.8, 4) is 5.75 Å². The quantitative estimate of drug-likeness (QED) is 0.399. The van der Waals surface area contributed by atoms with Gasteiger partial charge in [0.25, 0.3) is 0 Å². The van der Waals surface area contributed by atoms with Crippen molar-refractivity contribution in [2.75, 3.05) is 6.61 Å². The fourth-order valence-electron chi connectivity index (χ4n) is 2.93. The highest BCUT2D eigenvalue weighted by molar-refractivity contribution is 7.99. The van der Waals surface area contributed by atoms with Gasteiger partial charge in [-0.15, -0.1) is 0 Å². The zero-order valence-electron chi connectivity index (χ0n) is 16.0. The van der Waals surface area contributed by atoms with Crippen LogP contribution in [0.3, 0.4) is 0 Å². The van der Waals surface area contributed by atoms with Crippen LogP contribution in [-0.2, 0) is 15.5 Å². The summed E-state index contributed by atoms with van der Waals surface area (Å²) in [6, 6.07) is 11.5. The molecular weight excluding hydrogens is 433 g/mol. The standard InChI is InChI=1S/C20H25ClNO5PS/c1-20(22,12-27-28(24,25)26)9-8-14-4-6-16(11-17(14)21)29-19-10-15(13-2-3-13)5-7-18(19)23/h4-7,10-11,13,23H,2-3,8-9,12,22H2,1H3,(H2,24,25,26). The van der Waals surface area contributed by atoms with E-state index in [0.29, 0.717) is 23.8 Å². The minimum atomic E-state index is -4.55. The average molecular weight is 458 g/mol. The molecule has 2 aromatic carbocycles. The number of hydrogen-bond donors (Lipinski definition) is 4. The smallest absolute Gasteiger partial charge is 0.469 e. The highest BCUT2D eigenvalue weighted by atomic mass is 35.5. The lowest BCUT2D eigenvalue weighted by molar-refractivity contribution is 0.154. The van der Waals surface area contributed by atoms with Crippen molar-refractivity contribution in [2.45, 2.75) is 53.9 Å². The van der Waals surface area contributed by atoms with Crippen molar-refractivity contribution in [2.24, 2.45) is 5.73 Å². The maximum Gasteiger partial charge on any atom is 0.469 e. The molecule has 1 fully saturated rings. The van der Waals surface area contributed by atoms with Crippen molar-refractivity contribution in [1.29, 1.82) is 0 Å². The maximum absolute atomic E-state index is 10.9. The molecule has 1 atom stereocenters. The number of phosphoric ester groups is 1. The molecule has 9 heteroatoms. The molecule has 0 aliphatic heterocycles. The maximum atomic E-state index is 10.9. The van der Waals surface area contributed by atoms with Crippen LogP contribution in [-0.4, -0.2) is 27.0 Å². The third kappa shape index (κ3) is 7.00. The Hall–Kier alpha value is -1.05. The Morgan fingerprint density at radius 2 is 2.00 bits per heavy atom. The highest BCUT2D eigenvalue weighted by Crippen LogP contribution is 2.44. The van der Waals surface area contributed by atoms with Gasteiger partial charge in [-0.2, -0.15) is 0 Å². The monoisotopic (exact) mass is 457 g/mol. The molecule has 1 aliphatic carbocycles. The Morgan fingerprint density at radius 3 is 2.62 bits per heavy atom. The van der Waals surface area contributed by atoms with E-state index >= 15 is 0 Å². The fourth-order valence-corrected chi connectivity index (χ4v) is 4.67. The SMILES string of the molecule is CC(N)(CCc1ccc(Sc2cc(C3CC3)ccc2O)cc1Cl)COP(=O)(O)O. The number of nitrogens with two attached hydrogens (primary N) is 1. The van der Waals surface area contributed by atoms with Gasteiger partial charge in [-0.3, -0.25) is 4.52 Å². The molecule has 0 aromatic heterocycles. The molecular formula is C20H25ClNO5PS. The van der Waals surface area contributed by atoms with Crippen molar-refractivity contribution < 1.29 is 24.0 Å². The topological polar surface area (TPSA) is 113 Å². The molecule has 5 N–H and O–H groups in total. The molecule has 158 valence electrons. The van der Waals surface area contributed by atoms with Crippen LogP contribution < -0.4 is 5.73 Å². The van der Waals surface area contributed by atoms with Gasteiger partial charge in [0, 0.05) is 15.5 Å². The summed E-state index contributed by atoms with van der Waals surface area (Å²) in [6.45, 7) is 1.43. The van der Waals surface area contributed by atoms with E-state index in [0.717, 1.165) is 15.4 Å². The van der Waals surface area contributed by atoms with E-state index in [-0.39, 0.29) is 12.4 Å². The van der Waals surface area contributed by atoms with Crippen LogP contribution in [0, 0.1) is 0 Å². The zero-order valence-corrected chi connectivity index (χ0v) is 18.5. The molecule has 3 rings (SSSR count). The second-order valence-corrected chi connectivity index (χ2v) is 10.5. The zero-order chi connectivity index (χ0) is 21.2. The minimum absolute atomic E-state index is 0.251. The van der Waals surface area contributed by atoms with Crippen molar-refractivity contribution in [1.82, 2.24) is 0 Å². The number of aromatic hydroxyl groups is 1. The Morgan fingerprint density at radius 1 is 1.28 bits per heavy atom. The van der Waals surface area contributed by atoms with E-state index in [2.05, 4.69) is 4.52 Å². The molecule has 2 aromatic rings. The van der Waals surface area contributed by atoms with E-state index in [1.54, 1.807) is 13.0 Å². The van der Waals surface area contributed by atoms with Gasteiger partial charge in [0.15, 0.2) is 0 Å². The first-order valence-electron chi connectivity index (χ1n) is 9.31. The van der Waals surface area contributed by atoms with Gasteiger partial charge >= 0.3 is 7.82 Å². The predicted octanol–water partition coefficient (Wildman–Crippen LogP) is 4.83. The molecule has 0 spiro atoms. The number of hydrogen-bond acceptors (Lipinski definition) is 5. The van der Waals surface area contributed by atoms with Crippen LogP contribution in [0.2, 0.25) is 5.02 Å². The van der Waals surface area contributed by atoms with Gasteiger partial charge in [-0.05, 0) is 73.9 Å². The average Bonchev–Trinajstić information content (AvgIpc) is 3.46. The number of aryl methyl sites for hydroxylation is 1. The molecule has 0 amide bonds. The number of phenols is 1. The van der Waals surface area contributed by atoms with Gasteiger partial charge in [0.05, 0.1) is 11.5 Å². The Labute approximate surface area is 179 Å². The van der Waals surface area contributed by atoms with E-state index in [1.807, 2.05) is 30.3 Å². The van der Waals surface area contributed by atoms with Gasteiger partial charge in [0.1, 0.15) is 5.75 Å². The third-order valence-corrected chi connectivity index (χ3v) is 6.67. The van der Waals surface area contributed by atoms with E-state index in [4.69, 9.17) is 27.1 Å². The normalized spacial score (nSPS) is 16.6. The summed E-state index contributed by atoms with van der Waals surface area (Å²) >= 11 is 7.90. The van der Waals surface area contributed by atoms with Crippen LogP contribution in [0.5, 0.6) is 5.75 Å². The molecule has 1 saturated carbocycles. The van der Waals surface area contributed by atoms with Crippen LogP contribution in [0.1, 0.15) is 43.2 Å². The summed E-state index contributed by atoms with van der Waals surface area (Å²) in [6.07, 6.45) is 3.40. The van der Waals surface area contributed by atoms with Crippen LogP contribution in [0.4, 0.5) is 0 Å². The number of rotatable bonds is 9. The van der Waals surface area contributed by atoms with Crippen LogP contribution in [0.15, 0.2) is 46.2 Å². The lowest BCUT2D eigenvalue weighted by atomic mass is 9.95. The summed E-state index contributed by atoms with van der Waals surface area (Å²) in [5.74, 6) is 0.865. The molecule has 29 heavy (non-hydrogen) atoms. The number of phenolic OH excluding ortho intramolecular Hbond substituents is 1. The first-order valence-corrected chi connectivity index (χ1v) is 12.0. The van der Waals surface area contributed by atoms with Gasteiger partial charge < -0.3 is 20.6 Å². The highest BCUT2D eigenvalue weighted by Gasteiger charge is 2.25. The molecule has 0 heterocycles. The summed E-state index contributed by atoms with van der Waals surface area (Å²) in [5, 5.41) is 10.8. The fraction of sp³-hybridized carbons (Fsp3) is 0.400. The summed E-state index contributed by atoms with van der Waals surface area (Å²) < 4.78 is 15.4. The molecule has 0 saturated heterocycles. The summed E-state index contributed by atoms with van der Waals surface area (Å²) in [7, 11) is -4.55. The van der Waals surface area contributed by atoms with Gasteiger partial charge in [-0.1, -0.05) is 35.5 Å².